The average molecular weight is 533 g/mol. The molecule has 0 amide bonds. The van der Waals surface area contributed by atoms with Crippen LogP contribution in [0.25, 0.3) is 39.3 Å². The fraction of sp³-hybridized carbons (Fsp3) is 0.0741. The number of carbonyl (C=O) groups excluding carboxylic acids is 2. The van der Waals surface area contributed by atoms with E-state index in [-0.39, 0.29) is 11.6 Å². The topological polar surface area (TPSA) is 95.7 Å². The minimum absolute atomic E-state index is 0.208. The van der Waals surface area contributed by atoms with Crippen molar-refractivity contribution in [2.24, 2.45) is 0 Å². The molecular formula is C27H18Cl2N4O4. The Kier molecular flexibility index (Phi) is 6.60. The highest BCUT2D eigenvalue weighted by atomic mass is 35.5. The van der Waals surface area contributed by atoms with Crippen molar-refractivity contribution in [3.05, 3.63) is 82.4 Å². The van der Waals surface area contributed by atoms with Crippen LogP contribution in [0.5, 0.6) is 11.6 Å². The van der Waals surface area contributed by atoms with E-state index >= 15 is 0 Å². The van der Waals surface area contributed by atoms with Gasteiger partial charge >= 0.3 is 0 Å². The maximum absolute atomic E-state index is 11.3. The lowest BCUT2D eigenvalue weighted by Gasteiger charge is -2.14. The molecule has 0 fully saturated rings. The number of hydrogen-bond acceptors (Lipinski definition) is 7. The summed E-state index contributed by atoms with van der Waals surface area (Å²) in [6.45, 7) is 0. The van der Waals surface area contributed by atoms with Crippen LogP contribution in [-0.2, 0) is 0 Å². The van der Waals surface area contributed by atoms with Gasteiger partial charge in [0.05, 0.1) is 41.2 Å². The molecule has 0 atom stereocenters. The molecular weight excluding hydrogens is 515 g/mol. The molecule has 0 unspecified atom stereocenters. The molecule has 184 valence electrons. The van der Waals surface area contributed by atoms with Gasteiger partial charge in [-0.2, -0.15) is 0 Å². The van der Waals surface area contributed by atoms with Crippen LogP contribution >= 0.6 is 23.2 Å². The first kappa shape index (κ1) is 24.4. The molecule has 0 saturated heterocycles. The number of ether oxygens (including phenoxy) is 2. The van der Waals surface area contributed by atoms with Crippen LogP contribution in [0.1, 0.15) is 20.8 Å². The van der Waals surface area contributed by atoms with Crippen LogP contribution in [0.4, 0.5) is 0 Å². The molecule has 5 aromatic rings. The molecule has 0 aliphatic rings. The third kappa shape index (κ3) is 4.30. The van der Waals surface area contributed by atoms with Crippen molar-refractivity contribution in [3.8, 4) is 45.3 Å². The van der Waals surface area contributed by atoms with Crippen LogP contribution in [0, 0.1) is 0 Å². The zero-order valence-corrected chi connectivity index (χ0v) is 21.1. The lowest BCUT2D eigenvalue weighted by molar-refractivity contribution is 0.111. The Hall–Kier alpha value is -4.27. The normalized spacial score (nSPS) is 10.9. The van der Waals surface area contributed by atoms with E-state index in [0.29, 0.717) is 73.2 Å². The standard InChI is InChI=1S/C27H18Cl2N4O4/c1-36-22-10-16(11-33-12-17(14-35)31-26(22)33)25-24(29)19(8-9-30-25)18-4-3-5-20(23(18)28)21-7-6-15(13-34)27(32-21)37-2/h3-14H,1-2H3. The van der Waals surface area contributed by atoms with Gasteiger partial charge in [-0.05, 0) is 24.3 Å². The number of aldehydes is 2. The molecule has 0 aliphatic carbocycles. The van der Waals surface area contributed by atoms with Gasteiger partial charge in [0.25, 0.3) is 0 Å². The Balaban J connectivity index is 1.64. The molecule has 4 heterocycles. The number of pyridine rings is 3. The van der Waals surface area contributed by atoms with E-state index in [2.05, 4.69) is 15.0 Å². The van der Waals surface area contributed by atoms with Crippen molar-refractivity contribution in [3.63, 3.8) is 0 Å². The van der Waals surface area contributed by atoms with E-state index in [1.54, 1.807) is 47.3 Å². The van der Waals surface area contributed by atoms with Crippen molar-refractivity contribution in [2.75, 3.05) is 14.2 Å². The Bertz CT molecular complexity index is 1680. The highest BCUT2D eigenvalue weighted by Crippen LogP contribution is 2.42. The van der Waals surface area contributed by atoms with Gasteiger partial charge in [-0.1, -0.05) is 41.4 Å². The molecule has 1 aromatic carbocycles. The third-order valence-corrected chi connectivity index (χ3v) is 6.60. The molecule has 0 N–H and O–H groups in total. The van der Waals surface area contributed by atoms with E-state index in [1.807, 2.05) is 18.2 Å². The summed E-state index contributed by atoms with van der Waals surface area (Å²) < 4.78 is 12.4. The minimum atomic E-state index is 0.208. The number of rotatable bonds is 7. The second-order valence-electron chi connectivity index (χ2n) is 7.91. The third-order valence-electron chi connectivity index (χ3n) is 5.81. The van der Waals surface area contributed by atoms with Crippen LogP contribution in [0.3, 0.4) is 0 Å². The highest BCUT2D eigenvalue weighted by Gasteiger charge is 2.19. The monoisotopic (exact) mass is 532 g/mol. The fourth-order valence-corrected chi connectivity index (χ4v) is 4.72. The predicted molar refractivity (Wildman–Crippen MR) is 141 cm³/mol. The Morgan fingerprint density at radius 1 is 0.865 bits per heavy atom. The van der Waals surface area contributed by atoms with E-state index in [1.165, 1.54) is 14.2 Å². The van der Waals surface area contributed by atoms with Gasteiger partial charge in [0.2, 0.25) is 5.88 Å². The van der Waals surface area contributed by atoms with Gasteiger partial charge < -0.3 is 13.9 Å². The van der Waals surface area contributed by atoms with Gasteiger partial charge in [0.1, 0.15) is 5.69 Å². The summed E-state index contributed by atoms with van der Waals surface area (Å²) in [7, 11) is 2.97. The molecule has 0 saturated carbocycles. The van der Waals surface area contributed by atoms with Gasteiger partial charge in [-0.25, -0.2) is 9.97 Å². The highest BCUT2D eigenvalue weighted by molar-refractivity contribution is 6.39. The molecule has 0 aliphatic heterocycles. The molecule has 10 heteroatoms. The van der Waals surface area contributed by atoms with E-state index in [4.69, 9.17) is 32.7 Å². The van der Waals surface area contributed by atoms with Crippen LogP contribution < -0.4 is 9.47 Å². The Morgan fingerprint density at radius 2 is 1.65 bits per heavy atom. The van der Waals surface area contributed by atoms with Crippen molar-refractivity contribution < 1.29 is 19.1 Å². The fourth-order valence-electron chi connectivity index (χ4n) is 4.07. The Labute approximate surface area is 221 Å². The zero-order valence-electron chi connectivity index (χ0n) is 19.6. The molecule has 8 nitrogen and oxygen atoms in total. The van der Waals surface area contributed by atoms with Gasteiger partial charge in [0.15, 0.2) is 24.0 Å². The molecule has 37 heavy (non-hydrogen) atoms. The quantitative estimate of drug-likeness (QED) is 0.234. The number of nitrogens with zero attached hydrogens (tertiary/aromatic N) is 4. The SMILES string of the molecule is COc1nc(-c2cccc(-c3ccnc(-c4cc(OC)c5nc(C=O)cn5c4)c3Cl)c2Cl)ccc1C=O. The summed E-state index contributed by atoms with van der Waals surface area (Å²) in [6, 6.07) is 12.4. The summed E-state index contributed by atoms with van der Waals surface area (Å²) in [4.78, 5) is 35.7. The second-order valence-corrected chi connectivity index (χ2v) is 8.67. The molecule has 0 spiro atoms. The van der Waals surface area contributed by atoms with Gasteiger partial charge in [-0.3, -0.25) is 14.6 Å². The lowest BCUT2D eigenvalue weighted by atomic mass is 10.00. The maximum Gasteiger partial charge on any atom is 0.224 e. The summed E-state index contributed by atoms with van der Waals surface area (Å²) >= 11 is 13.8. The van der Waals surface area contributed by atoms with Crippen LogP contribution in [0.2, 0.25) is 10.0 Å². The first-order chi connectivity index (χ1) is 18.0. The molecule has 5 rings (SSSR count). The average Bonchev–Trinajstić information content (AvgIpc) is 3.36. The number of methoxy groups -OCH3 is 2. The summed E-state index contributed by atoms with van der Waals surface area (Å²) in [5, 5.41) is 0.800. The second kappa shape index (κ2) is 10.0. The van der Waals surface area contributed by atoms with Gasteiger partial charge in [0, 0.05) is 40.8 Å². The van der Waals surface area contributed by atoms with Gasteiger partial charge in [-0.15, -0.1) is 0 Å². The van der Waals surface area contributed by atoms with Crippen LogP contribution in [0.15, 0.2) is 61.1 Å². The molecule has 0 bridgehead atoms. The van der Waals surface area contributed by atoms with E-state index in [0.717, 1.165) is 0 Å². The Morgan fingerprint density at radius 3 is 2.38 bits per heavy atom. The summed E-state index contributed by atoms with van der Waals surface area (Å²) in [5.41, 5.74) is 4.80. The molecule has 0 radical (unpaired) electrons. The molecule has 4 aromatic heterocycles. The summed E-state index contributed by atoms with van der Waals surface area (Å²) in [6.07, 6.45) is 6.37. The maximum atomic E-state index is 11.3. The number of aromatic nitrogens is 4. The first-order valence-electron chi connectivity index (χ1n) is 10.9. The number of imidazole rings is 1. The smallest absolute Gasteiger partial charge is 0.224 e. The van der Waals surface area contributed by atoms with E-state index in [9.17, 15) is 9.59 Å². The number of carbonyl (C=O) groups is 2. The number of hydrogen-bond donors (Lipinski definition) is 0. The van der Waals surface area contributed by atoms with Crippen molar-refractivity contribution in [1.82, 2.24) is 19.4 Å². The number of benzene rings is 1. The number of fused-ring (bicyclic) bond motifs is 1. The predicted octanol–water partition coefficient (Wildman–Crippen LogP) is 6.07. The first-order valence-corrected chi connectivity index (χ1v) is 11.7. The summed E-state index contributed by atoms with van der Waals surface area (Å²) in [5.74, 6) is 0.674. The lowest BCUT2D eigenvalue weighted by Crippen LogP contribution is -1.97. The van der Waals surface area contributed by atoms with Crippen molar-refractivity contribution in [1.29, 1.82) is 0 Å². The zero-order chi connectivity index (χ0) is 26.1. The minimum Gasteiger partial charge on any atom is -0.493 e. The van der Waals surface area contributed by atoms with Crippen molar-refractivity contribution >= 4 is 41.4 Å². The van der Waals surface area contributed by atoms with Crippen molar-refractivity contribution in [2.45, 2.75) is 0 Å². The number of halogens is 2. The van der Waals surface area contributed by atoms with E-state index < -0.39 is 0 Å². The van der Waals surface area contributed by atoms with Crippen LogP contribution in [-0.4, -0.2) is 46.1 Å². The largest absolute Gasteiger partial charge is 0.493 e.